The van der Waals surface area contributed by atoms with Crippen molar-refractivity contribution in [2.75, 3.05) is 20.2 Å². The van der Waals surface area contributed by atoms with Crippen LogP contribution < -0.4 is 0 Å². The molecule has 4 nitrogen and oxygen atoms in total. The second-order valence-electron chi connectivity index (χ2n) is 3.85. The van der Waals surface area contributed by atoms with Gasteiger partial charge in [-0.15, -0.1) is 0 Å². The lowest BCUT2D eigenvalue weighted by Gasteiger charge is -2.38. The van der Waals surface area contributed by atoms with Crippen LogP contribution in [0, 0.1) is 0 Å². The Labute approximate surface area is 84.8 Å². The smallest absolute Gasteiger partial charge is 0.323 e. The maximum Gasteiger partial charge on any atom is 0.323 e. The summed E-state index contributed by atoms with van der Waals surface area (Å²) in [5.41, 5.74) is 0. The Morgan fingerprint density at radius 1 is 1.71 bits per heavy atom. The third kappa shape index (κ3) is 2.96. The number of methoxy groups -OCH3 is 1. The van der Waals surface area contributed by atoms with Gasteiger partial charge in [-0.2, -0.15) is 0 Å². The van der Waals surface area contributed by atoms with E-state index in [9.17, 15) is 4.79 Å². The molecule has 1 rings (SSSR count). The number of hydrogen-bond donors (Lipinski definition) is 1. The molecule has 82 valence electrons. The van der Waals surface area contributed by atoms with Gasteiger partial charge in [-0.3, -0.25) is 9.69 Å². The standard InChI is InChI=1S/C10H19NO3/c1-8(12)4-3-6-11-7-5-9(11)10(13)14-2/h8-9,12H,3-7H2,1-2H3. The molecule has 0 aromatic carbocycles. The minimum atomic E-state index is -0.243. The molecule has 1 fully saturated rings. The van der Waals surface area contributed by atoms with Crippen LogP contribution in [0.15, 0.2) is 0 Å². The highest BCUT2D eigenvalue weighted by molar-refractivity contribution is 5.76. The van der Waals surface area contributed by atoms with Gasteiger partial charge in [0.1, 0.15) is 6.04 Å². The summed E-state index contributed by atoms with van der Waals surface area (Å²) in [6.07, 6.45) is 2.39. The average molecular weight is 201 g/mol. The van der Waals surface area contributed by atoms with E-state index in [0.717, 1.165) is 32.4 Å². The largest absolute Gasteiger partial charge is 0.468 e. The fraction of sp³-hybridized carbons (Fsp3) is 0.900. The van der Waals surface area contributed by atoms with Crippen LogP contribution in [0.2, 0.25) is 0 Å². The molecule has 2 unspecified atom stereocenters. The lowest BCUT2D eigenvalue weighted by atomic mass is 10.0. The molecule has 4 heteroatoms. The molecular weight excluding hydrogens is 182 g/mol. The maximum atomic E-state index is 11.2. The highest BCUT2D eigenvalue weighted by Gasteiger charge is 2.34. The van der Waals surface area contributed by atoms with E-state index >= 15 is 0 Å². The summed E-state index contributed by atoms with van der Waals surface area (Å²) in [5, 5.41) is 9.07. The summed E-state index contributed by atoms with van der Waals surface area (Å²) in [7, 11) is 1.43. The van der Waals surface area contributed by atoms with Gasteiger partial charge in [0.05, 0.1) is 13.2 Å². The third-order valence-corrected chi connectivity index (χ3v) is 2.67. The van der Waals surface area contributed by atoms with Gasteiger partial charge < -0.3 is 9.84 Å². The second-order valence-corrected chi connectivity index (χ2v) is 3.85. The first-order chi connectivity index (χ1) is 6.65. The van der Waals surface area contributed by atoms with Crippen LogP contribution in [0.1, 0.15) is 26.2 Å². The number of hydrogen-bond acceptors (Lipinski definition) is 4. The van der Waals surface area contributed by atoms with Crippen LogP contribution >= 0.6 is 0 Å². The van der Waals surface area contributed by atoms with E-state index in [2.05, 4.69) is 9.64 Å². The molecule has 0 spiro atoms. The van der Waals surface area contributed by atoms with E-state index in [1.807, 2.05) is 0 Å². The normalized spacial score (nSPS) is 24.1. The summed E-state index contributed by atoms with van der Waals surface area (Å²) in [5.74, 6) is -0.131. The lowest BCUT2D eigenvalue weighted by molar-refractivity contribution is -0.151. The molecule has 1 aliphatic heterocycles. The number of carbonyl (C=O) groups excluding carboxylic acids is 1. The Balaban J connectivity index is 2.16. The van der Waals surface area contributed by atoms with Crippen LogP contribution in [0.25, 0.3) is 0 Å². The second kappa shape index (κ2) is 5.32. The van der Waals surface area contributed by atoms with Gasteiger partial charge in [-0.05, 0) is 32.7 Å². The molecule has 0 aromatic heterocycles. The zero-order chi connectivity index (χ0) is 10.6. The van der Waals surface area contributed by atoms with Crippen LogP contribution in [0.4, 0.5) is 0 Å². The molecular formula is C10H19NO3. The van der Waals surface area contributed by atoms with E-state index < -0.39 is 0 Å². The molecule has 0 saturated carbocycles. The molecule has 0 bridgehead atoms. The van der Waals surface area contributed by atoms with Crippen LogP contribution in [0.3, 0.4) is 0 Å². The Kier molecular flexibility index (Phi) is 4.35. The quantitative estimate of drug-likeness (QED) is 0.654. The summed E-state index contributed by atoms with van der Waals surface area (Å²) in [4.78, 5) is 13.3. The van der Waals surface area contributed by atoms with Crippen molar-refractivity contribution in [1.82, 2.24) is 4.90 Å². The minimum Gasteiger partial charge on any atom is -0.468 e. The molecule has 1 heterocycles. The summed E-state index contributed by atoms with van der Waals surface area (Å²) in [6, 6.07) is -0.0333. The van der Waals surface area contributed by atoms with E-state index in [-0.39, 0.29) is 18.1 Å². The van der Waals surface area contributed by atoms with Crippen molar-refractivity contribution in [3.63, 3.8) is 0 Å². The van der Waals surface area contributed by atoms with Crippen molar-refractivity contribution >= 4 is 5.97 Å². The van der Waals surface area contributed by atoms with Gasteiger partial charge in [-0.25, -0.2) is 0 Å². The number of likely N-dealkylation sites (tertiary alicyclic amines) is 1. The predicted octanol–water partition coefficient (Wildman–Crippen LogP) is 0.395. The van der Waals surface area contributed by atoms with Gasteiger partial charge in [0, 0.05) is 6.54 Å². The van der Waals surface area contributed by atoms with Crippen molar-refractivity contribution in [3.8, 4) is 0 Å². The number of aliphatic hydroxyl groups excluding tert-OH is 1. The predicted molar refractivity (Wildman–Crippen MR) is 52.9 cm³/mol. The summed E-state index contributed by atoms with van der Waals surface area (Å²) < 4.78 is 4.68. The number of rotatable bonds is 5. The lowest BCUT2D eigenvalue weighted by Crippen LogP contribution is -2.53. The average Bonchev–Trinajstić information content (AvgIpc) is 2.09. The molecule has 1 aliphatic rings. The Morgan fingerprint density at radius 2 is 2.43 bits per heavy atom. The molecule has 0 amide bonds. The fourth-order valence-corrected chi connectivity index (χ4v) is 1.70. The first-order valence-corrected chi connectivity index (χ1v) is 5.15. The van der Waals surface area contributed by atoms with Gasteiger partial charge in [0.2, 0.25) is 0 Å². The van der Waals surface area contributed by atoms with Crippen LogP contribution in [0.5, 0.6) is 0 Å². The molecule has 1 N–H and O–H groups in total. The molecule has 0 aliphatic carbocycles. The molecule has 1 saturated heterocycles. The van der Waals surface area contributed by atoms with Crippen molar-refractivity contribution in [2.45, 2.75) is 38.3 Å². The van der Waals surface area contributed by atoms with Gasteiger partial charge in [0.25, 0.3) is 0 Å². The first-order valence-electron chi connectivity index (χ1n) is 5.15. The number of aliphatic hydroxyl groups is 1. The van der Waals surface area contributed by atoms with Gasteiger partial charge in [-0.1, -0.05) is 0 Å². The van der Waals surface area contributed by atoms with E-state index in [0.29, 0.717) is 0 Å². The Bertz CT molecular complexity index is 194. The number of nitrogens with zero attached hydrogens (tertiary/aromatic N) is 1. The number of esters is 1. The summed E-state index contributed by atoms with van der Waals surface area (Å²) in [6.45, 7) is 3.64. The SMILES string of the molecule is COC(=O)C1CCN1CCCC(C)O. The van der Waals surface area contributed by atoms with Gasteiger partial charge in [0.15, 0.2) is 0 Å². The van der Waals surface area contributed by atoms with Gasteiger partial charge >= 0.3 is 5.97 Å². The zero-order valence-corrected chi connectivity index (χ0v) is 8.90. The fourth-order valence-electron chi connectivity index (χ4n) is 1.70. The topological polar surface area (TPSA) is 49.8 Å². The number of ether oxygens (including phenoxy) is 1. The van der Waals surface area contributed by atoms with E-state index in [1.54, 1.807) is 6.92 Å². The van der Waals surface area contributed by atoms with Crippen LogP contribution in [-0.2, 0) is 9.53 Å². The molecule has 2 atom stereocenters. The molecule has 0 radical (unpaired) electrons. The van der Waals surface area contributed by atoms with Crippen molar-refractivity contribution in [3.05, 3.63) is 0 Å². The minimum absolute atomic E-state index is 0.0333. The zero-order valence-electron chi connectivity index (χ0n) is 8.90. The Morgan fingerprint density at radius 3 is 2.86 bits per heavy atom. The van der Waals surface area contributed by atoms with Crippen molar-refractivity contribution < 1.29 is 14.6 Å². The van der Waals surface area contributed by atoms with Crippen molar-refractivity contribution in [1.29, 1.82) is 0 Å². The third-order valence-electron chi connectivity index (χ3n) is 2.67. The number of carbonyl (C=O) groups is 1. The highest BCUT2D eigenvalue weighted by Crippen LogP contribution is 2.19. The van der Waals surface area contributed by atoms with E-state index in [1.165, 1.54) is 7.11 Å². The monoisotopic (exact) mass is 201 g/mol. The van der Waals surface area contributed by atoms with Crippen LogP contribution in [-0.4, -0.2) is 48.3 Å². The molecule has 14 heavy (non-hydrogen) atoms. The Hall–Kier alpha value is -0.610. The molecule has 0 aromatic rings. The summed E-state index contributed by atoms with van der Waals surface area (Å²) >= 11 is 0. The maximum absolute atomic E-state index is 11.2. The first kappa shape index (κ1) is 11.5. The van der Waals surface area contributed by atoms with Crippen molar-refractivity contribution in [2.24, 2.45) is 0 Å². The van der Waals surface area contributed by atoms with E-state index in [4.69, 9.17) is 5.11 Å². The highest BCUT2D eigenvalue weighted by atomic mass is 16.5.